The lowest BCUT2D eigenvalue weighted by atomic mass is 9.98. The van der Waals surface area contributed by atoms with Crippen LogP contribution in [0.5, 0.6) is 11.5 Å². The third-order valence-electron chi connectivity index (χ3n) is 6.49. The molecule has 0 aliphatic carbocycles. The van der Waals surface area contributed by atoms with Gasteiger partial charge in [0.25, 0.3) is 6.29 Å². The Morgan fingerprint density at radius 3 is 2.89 bits per heavy atom. The van der Waals surface area contributed by atoms with Gasteiger partial charge in [0.15, 0.2) is 11.5 Å². The summed E-state index contributed by atoms with van der Waals surface area (Å²) in [5.74, 6) is 1.78. The molecule has 0 bridgehead atoms. The summed E-state index contributed by atoms with van der Waals surface area (Å²) in [6, 6.07) is 16.5. The predicted octanol–water partition coefficient (Wildman–Crippen LogP) is 6.16. The molecule has 0 radical (unpaired) electrons. The first-order valence-corrected chi connectivity index (χ1v) is 11.9. The number of halogens is 2. The molecule has 0 amide bonds. The molecule has 3 aromatic carbocycles. The number of aromatic amines is 1. The Kier molecular flexibility index (Phi) is 5.59. The average molecular weight is 491 g/mol. The standard InChI is InChI=1S/C27H24ClFN4O2/c1-30-18-6-8-22-23(14-18)32-25(31-22)15-33-11-9-16(10-12-33)19-3-2-4-24-26(19)35-27(34-24)20-7-5-17(28)13-21(20)29/h2-9,13-14,27,30H,10-12,15H2,1H3,(H,31,32). The molecule has 2 N–H and O–H groups in total. The summed E-state index contributed by atoms with van der Waals surface area (Å²) in [6.07, 6.45) is 2.25. The van der Waals surface area contributed by atoms with Gasteiger partial charge < -0.3 is 19.8 Å². The molecule has 0 fully saturated rings. The van der Waals surface area contributed by atoms with Gasteiger partial charge in [0.1, 0.15) is 11.6 Å². The Labute approximate surface area is 207 Å². The summed E-state index contributed by atoms with van der Waals surface area (Å²) < 4.78 is 26.5. The average Bonchev–Trinajstić information content (AvgIpc) is 3.47. The van der Waals surface area contributed by atoms with Crippen LogP contribution in [0.25, 0.3) is 16.6 Å². The fraction of sp³-hybridized carbons (Fsp3) is 0.222. The molecule has 4 aromatic rings. The van der Waals surface area contributed by atoms with Gasteiger partial charge in [-0.15, -0.1) is 0 Å². The first-order valence-electron chi connectivity index (χ1n) is 11.6. The number of hydrogen-bond donors (Lipinski definition) is 2. The molecule has 6 nitrogen and oxygen atoms in total. The SMILES string of the molecule is CNc1ccc2nc(CN3CC=C(c4cccc5c4OC(c4ccc(Cl)cc4F)O5)CC3)[nH]c2c1. The Morgan fingerprint density at radius 2 is 2.09 bits per heavy atom. The quantitative estimate of drug-likeness (QED) is 0.351. The van der Waals surface area contributed by atoms with Gasteiger partial charge in [-0.25, -0.2) is 9.37 Å². The van der Waals surface area contributed by atoms with E-state index in [1.54, 1.807) is 12.1 Å². The van der Waals surface area contributed by atoms with Crippen molar-refractivity contribution in [2.45, 2.75) is 19.3 Å². The van der Waals surface area contributed by atoms with Gasteiger partial charge in [0.2, 0.25) is 0 Å². The molecule has 0 saturated carbocycles. The van der Waals surface area contributed by atoms with Crippen molar-refractivity contribution in [3.8, 4) is 11.5 Å². The lowest BCUT2D eigenvalue weighted by Gasteiger charge is -2.26. The molecule has 35 heavy (non-hydrogen) atoms. The number of nitrogens with one attached hydrogen (secondary N) is 2. The monoisotopic (exact) mass is 490 g/mol. The molecule has 178 valence electrons. The highest BCUT2D eigenvalue weighted by Gasteiger charge is 2.31. The number of hydrogen-bond acceptors (Lipinski definition) is 5. The zero-order valence-electron chi connectivity index (χ0n) is 19.1. The third kappa shape index (κ3) is 4.22. The zero-order valence-corrected chi connectivity index (χ0v) is 19.9. The first kappa shape index (κ1) is 21.9. The summed E-state index contributed by atoms with van der Waals surface area (Å²) >= 11 is 5.89. The van der Waals surface area contributed by atoms with Gasteiger partial charge in [-0.2, -0.15) is 0 Å². The maximum atomic E-state index is 14.4. The molecular weight excluding hydrogens is 467 g/mol. The summed E-state index contributed by atoms with van der Waals surface area (Å²) in [7, 11) is 1.91. The number of rotatable bonds is 5. The molecule has 1 aromatic heterocycles. The van der Waals surface area contributed by atoms with Crippen LogP contribution in [0.4, 0.5) is 10.1 Å². The van der Waals surface area contributed by atoms with Crippen LogP contribution in [0.3, 0.4) is 0 Å². The fourth-order valence-corrected chi connectivity index (χ4v) is 4.81. The van der Waals surface area contributed by atoms with Gasteiger partial charge >= 0.3 is 0 Å². The summed E-state index contributed by atoms with van der Waals surface area (Å²) in [5, 5.41) is 3.49. The van der Waals surface area contributed by atoms with Gasteiger partial charge in [-0.05, 0) is 54.5 Å². The molecule has 6 rings (SSSR count). The van der Waals surface area contributed by atoms with Crippen LogP contribution in [0, 0.1) is 5.82 Å². The van der Waals surface area contributed by atoms with E-state index in [-0.39, 0.29) is 0 Å². The van der Waals surface area contributed by atoms with E-state index in [1.165, 1.54) is 11.6 Å². The van der Waals surface area contributed by atoms with Crippen molar-refractivity contribution in [1.29, 1.82) is 0 Å². The van der Waals surface area contributed by atoms with E-state index in [4.69, 9.17) is 26.1 Å². The largest absolute Gasteiger partial charge is 0.447 e. The molecular formula is C27H24ClFN4O2. The smallest absolute Gasteiger partial charge is 0.270 e. The second kappa shape index (κ2) is 8.91. The van der Waals surface area contributed by atoms with E-state index in [9.17, 15) is 4.39 Å². The Balaban J connectivity index is 1.17. The number of ether oxygens (including phenoxy) is 2. The summed E-state index contributed by atoms with van der Waals surface area (Å²) in [6.45, 7) is 2.44. The number of imidazole rings is 1. The van der Waals surface area contributed by atoms with Gasteiger partial charge in [-0.3, -0.25) is 4.90 Å². The van der Waals surface area contributed by atoms with Crippen molar-refractivity contribution in [3.05, 3.63) is 88.5 Å². The van der Waals surface area contributed by atoms with Gasteiger partial charge in [0, 0.05) is 36.4 Å². The highest BCUT2D eigenvalue weighted by atomic mass is 35.5. The van der Waals surface area contributed by atoms with Crippen LogP contribution in [0.15, 0.2) is 60.7 Å². The summed E-state index contributed by atoms with van der Waals surface area (Å²) in [4.78, 5) is 10.5. The minimum atomic E-state index is -0.833. The van der Waals surface area contributed by atoms with E-state index in [0.29, 0.717) is 22.1 Å². The highest BCUT2D eigenvalue weighted by molar-refractivity contribution is 6.30. The second-order valence-electron chi connectivity index (χ2n) is 8.75. The lowest BCUT2D eigenvalue weighted by Crippen LogP contribution is -2.28. The van der Waals surface area contributed by atoms with E-state index >= 15 is 0 Å². The van der Waals surface area contributed by atoms with E-state index in [0.717, 1.165) is 54.2 Å². The molecule has 0 saturated heterocycles. The number of aromatic nitrogens is 2. The highest BCUT2D eigenvalue weighted by Crippen LogP contribution is 2.46. The van der Waals surface area contributed by atoms with Gasteiger partial charge in [-0.1, -0.05) is 29.8 Å². The maximum Gasteiger partial charge on any atom is 0.270 e. The Hall–Kier alpha value is -3.55. The van der Waals surface area contributed by atoms with Crippen molar-refractivity contribution in [2.75, 3.05) is 25.5 Å². The predicted molar refractivity (Wildman–Crippen MR) is 135 cm³/mol. The Morgan fingerprint density at radius 1 is 1.17 bits per heavy atom. The topological polar surface area (TPSA) is 62.4 Å². The third-order valence-corrected chi connectivity index (χ3v) is 6.72. The molecule has 1 unspecified atom stereocenters. The fourth-order valence-electron chi connectivity index (χ4n) is 4.65. The molecule has 3 heterocycles. The van der Waals surface area contributed by atoms with Crippen LogP contribution in [-0.2, 0) is 6.54 Å². The van der Waals surface area contributed by atoms with Gasteiger partial charge in [0.05, 0.1) is 23.1 Å². The molecule has 8 heteroatoms. The van der Waals surface area contributed by atoms with Crippen molar-refractivity contribution >= 4 is 33.9 Å². The number of benzene rings is 3. The summed E-state index contributed by atoms with van der Waals surface area (Å²) in [5.41, 5.74) is 5.57. The van der Waals surface area contributed by atoms with Crippen LogP contribution in [0.1, 0.15) is 29.7 Å². The lowest BCUT2D eigenvalue weighted by molar-refractivity contribution is 0.0453. The number of para-hydroxylation sites is 1. The molecule has 1 atom stereocenters. The van der Waals surface area contributed by atoms with Crippen molar-refractivity contribution < 1.29 is 13.9 Å². The maximum absolute atomic E-state index is 14.4. The van der Waals surface area contributed by atoms with Crippen LogP contribution < -0.4 is 14.8 Å². The number of H-pyrrole nitrogens is 1. The minimum Gasteiger partial charge on any atom is -0.447 e. The molecule has 2 aliphatic rings. The minimum absolute atomic E-state index is 0.327. The number of anilines is 1. The van der Waals surface area contributed by atoms with Crippen LogP contribution >= 0.6 is 11.6 Å². The van der Waals surface area contributed by atoms with Crippen molar-refractivity contribution in [3.63, 3.8) is 0 Å². The number of fused-ring (bicyclic) bond motifs is 2. The van der Waals surface area contributed by atoms with Crippen molar-refractivity contribution in [2.24, 2.45) is 0 Å². The van der Waals surface area contributed by atoms with Crippen molar-refractivity contribution in [1.82, 2.24) is 14.9 Å². The number of nitrogens with zero attached hydrogens (tertiary/aromatic N) is 2. The molecule has 0 spiro atoms. The van der Waals surface area contributed by atoms with Crippen LogP contribution in [0.2, 0.25) is 5.02 Å². The van der Waals surface area contributed by atoms with E-state index in [1.807, 2.05) is 37.4 Å². The zero-order chi connectivity index (χ0) is 23.9. The first-order chi connectivity index (χ1) is 17.1. The Bertz CT molecular complexity index is 1450. The van der Waals surface area contributed by atoms with E-state index in [2.05, 4.69) is 27.3 Å². The van der Waals surface area contributed by atoms with E-state index < -0.39 is 12.1 Å². The van der Waals surface area contributed by atoms with Crippen LogP contribution in [-0.4, -0.2) is 35.0 Å². The second-order valence-corrected chi connectivity index (χ2v) is 9.18. The molecule has 2 aliphatic heterocycles. The normalized spacial score (nSPS) is 17.6.